The molecule has 2 heterocycles. The van der Waals surface area contributed by atoms with Crippen LogP contribution in [0, 0.1) is 5.41 Å². The molecule has 1 fully saturated rings. The van der Waals surface area contributed by atoms with Crippen LogP contribution in [-0.2, 0) is 11.3 Å². The van der Waals surface area contributed by atoms with Crippen molar-refractivity contribution >= 4 is 23.3 Å². The number of rotatable bonds is 5. The number of nitrogens with one attached hydrogen (secondary N) is 1. The highest BCUT2D eigenvalue weighted by atomic mass is 32.1. The molecule has 2 amide bonds. The van der Waals surface area contributed by atoms with Gasteiger partial charge in [-0.25, -0.2) is 9.78 Å². The topological polar surface area (TPSA) is 82.5 Å². The van der Waals surface area contributed by atoms with Crippen LogP contribution < -0.4 is 5.32 Å². The van der Waals surface area contributed by atoms with Gasteiger partial charge in [-0.3, -0.25) is 4.79 Å². The first-order valence-corrected chi connectivity index (χ1v) is 7.60. The molecule has 0 radical (unpaired) electrons. The fourth-order valence-corrected chi connectivity index (χ4v) is 3.17. The lowest BCUT2D eigenvalue weighted by Gasteiger charge is -2.24. The number of aromatic nitrogens is 1. The van der Waals surface area contributed by atoms with E-state index in [1.807, 2.05) is 12.3 Å². The normalized spacial score (nSPS) is 21.9. The molecule has 6 nitrogen and oxygen atoms in total. The van der Waals surface area contributed by atoms with Crippen molar-refractivity contribution in [1.29, 1.82) is 0 Å². The average Bonchev–Trinajstić information content (AvgIpc) is 3.06. The number of carboxylic acids is 1. The number of likely N-dealkylation sites (tertiary alicyclic amines) is 1. The number of carboxylic acid groups (broad SMARTS) is 1. The van der Waals surface area contributed by atoms with Gasteiger partial charge in [-0.15, -0.1) is 11.3 Å². The fourth-order valence-electron chi connectivity index (χ4n) is 2.61. The SMILES string of the molecule is CCCC1(C(=O)O)CCN(C(=O)NCc2nccs2)C1. The van der Waals surface area contributed by atoms with Crippen LogP contribution in [-0.4, -0.2) is 40.1 Å². The van der Waals surface area contributed by atoms with Gasteiger partial charge in [-0.2, -0.15) is 0 Å². The minimum absolute atomic E-state index is 0.209. The molecule has 7 heteroatoms. The molecule has 0 spiro atoms. The van der Waals surface area contributed by atoms with Crippen molar-refractivity contribution in [3.63, 3.8) is 0 Å². The summed E-state index contributed by atoms with van der Waals surface area (Å²) in [7, 11) is 0. The highest BCUT2D eigenvalue weighted by Crippen LogP contribution is 2.35. The third-order valence-electron chi connectivity index (χ3n) is 3.70. The first kappa shape index (κ1) is 14.8. The first-order chi connectivity index (χ1) is 9.57. The predicted molar refractivity (Wildman–Crippen MR) is 75.5 cm³/mol. The lowest BCUT2D eigenvalue weighted by atomic mass is 9.83. The molecule has 1 aliphatic heterocycles. The van der Waals surface area contributed by atoms with Crippen molar-refractivity contribution in [2.45, 2.75) is 32.7 Å². The molecule has 2 N–H and O–H groups in total. The molecule has 0 aromatic carbocycles. The Hall–Kier alpha value is -1.63. The summed E-state index contributed by atoms with van der Waals surface area (Å²) in [4.78, 5) is 29.2. The van der Waals surface area contributed by atoms with E-state index in [0.717, 1.165) is 11.4 Å². The lowest BCUT2D eigenvalue weighted by molar-refractivity contribution is -0.148. The minimum Gasteiger partial charge on any atom is -0.481 e. The van der Waals surface area contributed by atoms with Crippen molar-refractivity contribution < 1.29 is 14.7 Å². The van der Waals surface area contributed by atoms with Gasteiger partial charge in [0, 0.05) is 24.7 Å². The van der Waals surface area contributed by atoms with E-state index in [2.05, 4.69) is 10.3 Å². The smallest absolute Gasteiger partial charge is 0.317 e. The van der Waals surface area contributed by atoms with Gasteiger partial charge in [-0.05, 0) is 12.8 Å². The maximum absolute atomic E-state index is 12.1. The second-order valence-electron chi connectivity index (χ2n) is 5.09. The molecule has 1 aromatic heterocycles. The van der Waals surface area contributed by atoms with Crippen LogP contribution in [0.1, 0.15) is 31.2 Å². The van der Waals surface area contributed by atoms with E-state index in [4.69, 9.17) is 0 Å². The number of carbonyl (C=O) groups is 2. The van der Waals surface area contributed by atoms with Crippen molar-refractivity contribution in [1.82, 2.24) is 15.2 Å². The minimum atomic E-state index is -0.797. The molecule has 1 aliphatic rings. The van der Waals surface area contributed by atoms with Gasteiger partial charge in [0.25, 0.3) is 0 Å². The van der Waals surface area contributed by atoms with Crippen LogP contribution in [0.15, 0.2) is 11.6 Å². The molecule has 1 aromatic rings. The second kappa shape index (κ2) is 6.21. The molecular weight excluding hydrogens is 278 g/mol. The zero-order chi connectivity index (χ0) is 14.6. The summed E-state index contributed by atoms with van der Waals surface area (Å²) in [6.45, 7) is 3.15. The Kier molecular flexibility index (Phi) is 4.59. The Balaban J connectivity index is 1.90. The Morgan fingerprint density at radius 2 is 2.40 bits per heavy atom. The van der Waals surface area contributed by atoms with E-state index >= 15 is 0 Å². The highest BCUT2D eigenvalue weighted by Gasteiger charge is 2.45. The van der Waals surface area contributed by atoms with Crippen LogP contribution in [0.5, 0.6) is 0 Å². The molecule has 0 aliphatic carbocycles. The maximum atomic E-state index is 12.1. The quantitative estimate of drug-likeness (QED) is 0.870. The lowest BCUT2D eigenvalue weighted by Crippen LogP contribution is -2.41. The van der Waals surface area contributed by atoms with Crippen LogP contribution in [0.4, 0.5) is 4.79 Å². The third-order valence-corrected chi connectivity index (χ3v) is 4.48. The van der Waals surface area contributed by atoms with E-state index in [9.17, 15) is 14.7 Å². The maximum Gasteiger partial charge on any atom is 0.317 e. The van der Waals surface area contributed by atoms with Crippen molar-refractivity contribution in [3.05, 3.63) is 16.6 Å². The van der Waals surface area contributed by atoms with Gasteiger partial charge in [0.2, 0.25) is 0 Å². The zero-order valence-electron chi connectivity index (χ0n) is 11.5. The van der Waals surface area contributed by atoms with Gasteiger partial charge in [-0.1, -0.05) is 13.3 Å². The van der Waals surface area contributed by atoms with Gasteiger partial charge in [0.1, 0.15) is 5.01 Å². The van der Waals surface area contributed by atoms with Crippen LogP contribution in [0.3, 0.4) is 0 Å². The van der Waals surface area contributed by atoms with E-state index < -0.39 is 11.4 Å². The van der Waals surface area contributed by atoms with E-state index in [-0.39, 0.29) is 6.03 Å². The van der Waals surface area contributed by atoms with E-state index in [0.29, 0.717) is 32.5 Å². The second-order valence-corrected chi connectivity index (χ2v) is 6.07. The van der Waals surface area contributed by atoms with Crippen molar-refractivity contribution in [2.75, 3.05) is 13.1 Å². The predicted octanol–water partition coefficient (Wildman–Crippen LogP) is 1.93. The number of amides is 2. The number of hydrogen-bond donors (Lipinski definition) is 2. The van der Waals surface area contributed by atoms with Crippen molar-refractivity contribution in [3.8, 4) is 0 Å². The first-order valence-electron chi connectivity index (χ1n) is 6.72. The monoisotopic (exact) mass is 297 g/mol. The summed E-state index contributed by atoms with van der Waals surface area (Å²) in [5.41, 5.74) is -0.771. The highest BCUT2D eigenvalue weighted by molar-refractivity contribution is 7.09. The third kappa shape index (κ3) is 3.09. The molecule has 2 rings (SSSR count). The Morgan fingerprint density at radius 1 is 1.60 bits per heavy atom. The molecule has 0 bridgehead atoms. The number of nitrogens with zero attached hydrogens (tertiary/aromatic N) is 2. The summed E-state index contributed by atoms with van der Waals surface area (Å²) in [5.74, 6) is -0.797. The number of aliphatic carboxylic acids is 1. The van der Waals surface area contributed by atoms with Gasteiger partial charge < -0.3 is 15.3 Å². The van der Waals surface area contributed by atoms with Gasteiger partial charge >= 0.3 is 12.0 Å². The van der Waals surface area contributed by atoms with Gasteiger partial charge in [0.15, 0.2) is 0 Å². The fraction of sp³-hybridized carbons (Fsp3) is 0.615. The Labute approximate surface area is 121 Å². The van der Waals surface area contributed by atoms with Gasteiger partial charge in [0.05, 0.1) is 12.0 Å². The van der Waals surface area contributed by atoms with Crippen LogP contribution >= 0.6 is 11.3 Å². The number of urea groups is 1. The molecule has 1 saturated heterocycles. The summed E-state index contributed by atoms with van der Waals surface area (Å²) in [6, 6.07) is -0.209. The molecule has 1 atom stereocenters. The number of hydrogen-bond acceptors (Lipinski definition) is 4. The summed E-state index contributed by atoms with van der Waals surface area (Å²) in [6.07, 6.45) is 3.64. The number of thiazole rings is 1. The van der Waals surface area contributed by atoms with Crippen molar-refractivity contribution in [2.24, 2.45) is 5.41 Å². The summed E-state index contributed by atoms with van der Waals surface area (Å²) >= 11 is 1.48. The molecule has 1 unspecified atom stereocenters. The Morgan fingerprint density at radius 3 is 3.00 bits per heavy atom. The molecule has 20 heavy (non-hydrogen) atoms. The average molecular weight is 297 g/mol. The van der Waals surface area contributed by atoms with Crippen LogP contribution in [0.2, 0.25) is 0 Å². The zero-order valence-corrected chi connectivity index (χ0v) is 12.3. The summed E-state index contributed by atoms with van der Waals surface area (Å²) < 4.78 is 0. The number of carbonyl (C=O) groups excluding carboxylic acids is 1. The summed E-state index contributed by atoms with van der Waals surface area (Å²) in [5, 5.41) is 14.9. The standard InChI is InChI=1S/C13H19N3O3S/c1-2-3-13(11(17)18)4-6-16(9-13)12(19)15-8-10-14-5-7-20-10/h5,7H,2-4,6,8-9H2,1H3,(H,15,19)(H,17,18). The van der Waals surface area contributed by atoms with Crippen LogP contribution in [0.25, 0.3) is 0 Å². The molecule has 0 saturated carbocycles. The largest absolute Gasteiger partial charge is 0.481 e. The Bertz CT molecular complexity index is 477. The molecular formula is C13H19N3O3S. The van der Waals surface area contributed by atoms with E-state index in [1.165, 1.54) is 11.3 Å². The molecule has 110 valence electrons. The van der Waals surface area contributed by atoms with E-state index in [1.54, 1.807) is 11.1 Å².